The van der Waals surface area contributed by atoms with Gasteiger partial charge in [-0.25, -0.2) is 9.97 Å². The van der Waals surface area contributed by atoms with Crippen LogP contribution in [0.5, 0.6) is 0 Å². The number of rotatable bonds is 3. The molecular weight excluding hydrogens is 324 g/mol. The standard InChI is InChI=1S/C21H22N4O/c1-16-5-7-17(8-6-16)19-4-2-3-12-25(19)21(26)18-9-10-20(23-14-18)24-13-11-22-15-24/h5-11,13-15,19H,2-4,12H2,1H3/t19-/m1/s1. The number of benzene rings is 1. The van der Waals surface area contributed by atoms with Crippen LogP contribution >= 0.6 is 0 Å². The summed E-state index contributed by atoms with van der Waals surface area (Å²) in [5, 5.41) is 0. The van der Waals surface area contributed by atoms with Gasteiger partial charge in [0, 0.05) is 25.1 Å². The zero-order chi connectivity index (χ0) is 17.9. The van der Waals surface area contributed by atoms with Gasteiger partial charge >= 0.3 is 0 Å². The molecule has 5 nitrogen and oxygen atoms in total. The highest BCUT2D eigenvalue weighted by Gasteiger charge is 2.28. The molecule has 132 valence electrons. The summed E-state index contributed by atoms with van der Waals surface area (Å²) in [4.78, 5) is 23.6. The van der Waals surface area contributed by atoms with Gasteiger partial charge in [0.1, 0.15) is 12.1 Å². The van der Waals surface area contributed by atoms with Gasteiger partial charge in [0.05, 0.1) is 11.6 Å². The molecule has 2 aromatic heterocycles. The lowest BCUT2D eigenvalue weighted by Crippen LogP contribution is -2.38. The van der Waals surface area contributed by atoms with E-state index in [9.17, 15) is 4.79 Å². The molecule has 1 aromatic carbocycles. The largest absolute Gasteiger partial charge is 0.332 e. The van der Waals surface area contributed by atoms with Crippen molar-refractivity contribution in [2.24, 2.45) is 0 Å². The number of hydrogen-bond donors (Lipinski definition) is 0. The summed E-state index contributed by atoms with van der Waals surface area (Å²) in [5.41, 5.74) is 3.08. The van der Waals surface area contributed by atoms with Crippen LogP contribution in [0.1, 0.15) is 46.8 Å². The highest BCUT2D eigenvalue weighted by molar-refractivity contribution is 5.94. The topological polar surface area (TPSA) is 51.0 Å². The maximum absolute atomic E-state index is 13.1. The van der Waals surface area contributed by atoms with E-state index < -0.39 is 0 Å². The third-order valence-corrected chi connectivity index (χ3v) is 4.99. The molecule has 0 saturated carbocycles. The van der Waals surface area contributed by atoms with E-state index in [0.29, 0.717) is 5.56 Å². The number of carbonyl (C=O) groups excluding carboxylic acids is 1. The average Bonchev–Trinajstić information content (AvgIpc) is 3.23. The van der Waals surface area contributed by atoms with E-state index in [4.69, 9.17) is 0 Å². The molecule has 1 atom stereocenters. The molecule has 0 N–H and O–H groups in total. The van der Waals surface area contributed by atoms with Crippen molar-refractivity contribution in [1.82, 2.24) is 19.4 Å². The molecule has 1 fully saturated rings. The molecule has 1 aliphatic heterocycles. The molecule has 0 unspecified atom stereocenters. The molecule has 1 saturated heterocycles. The first-order valence-corrected chi connectivity index (χ1v) is 9.04. The van der Waals surface area contributed by atoms with Gasteiger partial charge in [-0.2, -0.15) is 0 Å². The molecule has 0 aliphatic carbocycles. The summed E-state index contributed by atoms with van der Waals surface area (Å²) in [6, 6.07) is 12.4. The van der Waals surface area contributed by atoms with Crippen molar-refractivity contribution in [2.75, 3.05) is 6.54 Å². The zero-order valence-corrected chi connectivity index (χ0v) is 14.9. The van der Waals surface area contributed by atoms with Gasteiger partial charge in [-0.3, -0.25) is 9.36 Å². The molecule has 0 spiro atoms. The Morgan fingerprint density at radius 1 is 1.12 bits per heavy atom. The maximum Gasteiger partial charge on any atom is 0.255 e. The van der Waals surface area contributed by atoms with Crippen molar-refractivity contribution in [3.8, 4) is 5.82 Å². The molecule has 3 heterocycles. The Balaban J connectivity index is 1.58. The number of carbonyl (C=O) groups is 1. The maximum atomic E-state index is 13.1. The van der Waals surface area contributed by atoms with Crippen LogP contribution in [0.2, 0.25) is 0 Å². The van der Waals surface area contributed by atoms with Crippen molar-refractivity contribution in [3.05, 3.63) is 78.0 Å². The second-order valence-corrected chi connectivity index (χ2v) is 6.80. The van der Waals surface area contributed by atoms with E-state index >= 15 is 0 Å². The Hall–Kier alpha value is -2.95. The highest BCUT2D eigenvalue weighted by Crippen LogP contribution is 2.32. The number of amides is 1. The Morgan fingerprint density at radius 3 is 2.65 bits per heavy atom. The van der Waals surface area contributed by atoms with E-state index in [1.54, 1.807) is 18.7 Å². The van der Waals surface area contributed by atoms with Gasteiger partial charge in [-0.15, -0.1) is 0 Å². The molecule has 1 aliphatic rings. The summed E-state index contributed by atoms with van der Waals surface area (Å²) in [7, 11) is 0. The van der Waals surface area contributed by atoms with Crippen LogP contribution in [0, 0.1) is 6.92 Å². The summed E-state index contributed by atoms with van der Waals surface area (Å²) < 4.78 is 1.82. The number of pyridine rings is 1. The van der Waals surface area contributed by atoms with Gasteiger partial charge in [0.2, 0.25) is 0 Å². The lowest BCUT2D eigenvalue weighted by atomic mass is 9.94. The van der Waals surface area contributed by atoms with Crippen LogP contribution in [0.25, 0.3) is 5.82 Å². The van der Waals surface area contributed by atoms with Crippen molar-refractivity contribution in [1.29, 1.82) is 0 Å². The first-order chi connectivity index (χ1) is 12.7. The lowest BCUT2D eigenvalue weighted by molar-refractivity contribution is 0.0611. The Bertz CT molecular complexity index is 869. The predicted molar refractivity (Wildman–Crippen MR) is 100 cm³/mol. The molecule has 26 heavy (non-hydrogen) atoms. The molecule has 1 amide bonds. The first-order valence-electron chi connectivity index (χ1n) is 9.04. The lowest BCUT2D eigenvalue weighted by Gasteiger charge is -2.36. The minimum Gasteiger partial charge on any atom is -0.332 e. The van der Waals surface area contributed by atoms with Crippen LogP contribution in [-0.4, -0.2) is 31.9 Å². The Kier molecular flexibility index (Phi) is 4.52. The van der Waals surface area contributed by atoms with Crippen LogP contribution < -0.4 is 0 Å². The summed E-state index contributed by atoms with van der Waals surface area (Å²) in [6.45, 7) is 2.88. The number of likely N-dealkylation sites (tertiary alicyclic amines) is 1. The predicted octanol–water partition coefficient (Wildman–Crippen LogP) is 3.94. The number of nitrogens with zero attached hydrogens (tertiary/aromatic N) is 4. The van der Waals surface area contributed by atoms with E-state index in [0.717, 1.165) is 31.6 Å². The van der Waals surface area contributed by atoms with Crippen molar-refractivity contribution < 1.29 is 4.79 Å². The quantitative estimate of drug-likeness (QED) is 0.722. The molecule has 5 heteroatoms. The van der Waals surface area contributed by atoms with E-state index in [1.165, 1.54) is 11.1 Å². The fourth-order valence-electron chi connectivity index (χ4n) is 3.54. The van der Waals surface area contributed by atoms with E-state index in [2.05, 4.69) is 41.2 Å². The molecular formula is C21H22N4O. The molecule has 0 radical (unpaired) electrons. The number of aryl methyl sites for hydroxylation is 1. The fraction of sp³-hybridized carbons (Fsp3) is 0.286. The summed E-state index contributed by atoms with van der Waals surface area (Å²) in [5.74, 6) is 0.813. The minimum absolute atomic E-state index is 0.0555. The van der Waals surface area contributed by atoms with Crippen LogP contribution in [0.3, 0.4) is 0 Å². The van der Waals surface area contributed by atoms with Crippen molar-refractivity contribution in [3.63, 3.8) is 0 Å². The van der Waals surface area contributed by atoms with Crippen LogP contribution in [0.15, 0.2) is 61.3 Å². The van der Waals surface area contributed by atoms with Gasteiger partial charge in [0.15, 0.2) is 0 Å². The monoisotopic (exact) mass is 346 g/mol. The minimum atomic E-state index is 0.0555. The first kappa shape index (κ1) is 16.5. The molecule has 4 rings (SSSR count). The van der Waals surface area contributed by atoms with Gasteiger partial charge in [-0.1, -0.05) is 29.8 Å². The number of hydrogen-bond acceptors (Lipinski definition) is 3. The second kappa shape index (κ2) is 7.12. The van der Waals surface area contributed by atoms with Crippen LogP contribution in [0.4, 0.5) is 0 Å². The second-order valence-electron chi connectivity index (χ2n) is 6.80. The smallest absolute Gasteiger partial charge is 0.255 e. The van der Waals surface area contributed by atoms with Gasteiger partial charge in [0.25, 0.3) is 5.91 Å². The zero-order valence-electron chi connectivity index (χ0n) is 14.9. The van der Waals surface area contributed by atoms with Gasteiger partial charge in [-0.05, 0) is 43.9 Å². The Morgan fingerprint density at radius 2 is 1.96 bits per heavy atom. The van der Waals surface area contributed by atoms with Crippen LogP contribution in [-0.2, 0) is 0 Å². The highest BCUT2D eigenvalue weighted by atomic mass is 16.2. The number of piperidine rings is 1. The molecule has 3 aromatic rings. The fourth-order valence-corrected chi connectivity index (χ4v) is 3.54. The summed E-state index contributed by atoms with van der Waals surface area (Å²) >= 11 is 0. The van der Waals surface area contributed by atoms with Crippen molar-refractivity contribution >= 4 is 5.91 Å². The number of aromatic nitrogens is 3. The number of imidazole rings is 1. The average molecular weight is 346 g/mol. The normalized spacial score (nSPS) is 17.3. The third kappa shape index (κ3) is 3.25. The summed E-state index contributed by atoms with van der Waals surface area (Å²) in [6.07, 6.45) is 10.1. The van der Waals surface area contributed by atoms with E-state index in [1.807, 2.05) is 27.8 Å². The SMILES string of the molecule is Cc1ccc([C@H]2CCCCN2C(=O)c2ccc(-n3ccnc3)nc2)cc1. The third-order valence-electron chi connectivity index (χ3n) is 4.99. The molecule has 0 bridgehead atoms. The van der Waals surface area contributed by atoms with Gasteiger partial charge < -0.3 is 4.90 Å². The van der Waals surface area contributed by atoms with E-state index in [-0.39, 0.29) is 11.9 Å². The Labute approximate surface area is 153 Å². The van der Waals surface area contributed by atoms with Crippen molar-refractivity contribution in [2.45, 2.75) is 32.2 Å².